The lowest BCUT2D eigenvalue weighted by Gasteiger charge is -2.07. The van der Waals surface area contributed by atoms with Crippen molar-refractivity contribution in [3.8, 4) is 0 Å². The molecule has 0 amide bonds. The molecular formula is C12H28O4. The van der Waals surface area contributed by atoms with Crippen molar-refractivity contribution in [3.63, 3.8) is 0 Å². The van der Waals surface area contributed by atoms with Crippen LogP contribution in [0.2, 0.25) is 0 Å². The summed E-state index contributed by atoms with van der Waals surface area (Å²) in [4.78, 5) is 0. The topological polar surface area (TPSA) is 58.9 Å². The van der Waals surface area contributed by atoms with E-state index in [1.54, 1.807) is 13.8 Å². The van der Waals surface area contributed by atoms with Gasteiger partial charge >= 0.3 is 0 Å². The van der Waals surface area contributed by atoms with Gasteiger partial charge in [0.05, 0.1) is 31.5 Å². The molecule has 2 atom stereocenters. The van der Waals surface area contributed by atoms with Gasteiger partial charge in [-0.05, 0) is 34.1 Å². The molecule has 0 rings (SSSR count). The second kappa shape index (κ2) is 12.9. The molecule has 4 nitrogen and oxygen atoms in total. The van der Waals surface area contributed by atoms with Gasteiger partial charge in [-0.2, -0.15) is 0 Å². The number of ether oxygens (including phenoxy) is 2. The molecule has 0 spiro atoms. The number of aliphatic hydroxyl groups is 2. The number of aliphatic hydroxyl groups excluding tert-OH is 2. The Labute approximate surface area is 99.6 Å². The van der Waals surface area contributed by atoms with Crippen LogP contribution in [0.3, 0.4) is 0 Å². The molecule has 2 unspecified atom stereocenters. The van der Waals surface area contributed by atoms with Crippen LogP contribution in [-0.4, -0.2) is 48.3 Å². The maximum atomic E-state index is 8.68. The molecule has 0 saturated carbocycles. The van der Waals surface area contributed by atoms with Crippen LogP contribution in [0.5, 0.6) is 0 Å². The molecule has 0 bridgehead atoms. The number of hydrogen-bond donors (Lipinski definition) is 2. The lowest BCUT2D eigenvalue weighted by Crippen LogP contribution is -2.14. The van der Waals surface area contributed by atoms with Crippen LogP contribution in [0, 0.1) is 0 Å². The summed E-state index contributed by atoms with van der Waals surface area (Å²) in [5, 5.41) is 17.3. The fourth-order valence-corrected chi connectivity index (χ4v) is 0.730. The minimum Gasteiger partial charge on any atom is -0.391 e. The summed E-state index contributed by atoms with van der Waals surface area (Å²) in [6.07, 6.45) is 0.593. The standard InChI is InChI=1S/2C6H14O2/c1-5(2)8-4-6(3)7;1-3-4-8-5-6(2)7/h5-7H,4H2,1-3H3;6-7H,3-5H2,1-2H3. The Balaban J connectivity index is 0. The van der Waals surface area contributed by atoms with Crippen LogP contribution in [-0.2, 0) is 9.47 Å². The first kappa shape index (κ1) is 18.2. The van der Waals surface area contributed by atoms with Gasteiger partial charge in [0.2, 0.25) is 0 Å². The molecular weight excluding hydrogens is 208 g/mol. The maximum absolute atomic E-state index is 8.68. The average molecular weight is 236 g/mol. The summed E-state index contributed by atoms with van der Waals surface area (Å²) in [5.41, 5.74) is 0. The first-order chi connectivity index (χ1) is 7.40. The highest BCUT2D eigenvalue weighted by atomic mass is 16.5. The molecule has 100 valence electrons. The average Bonchev–Trinajstić information content (AvgIpc) is 2.16. The van der Waals surface area contributed by atoms with Crippen molar-refractivity contribution >= 4 is 0 Å². The van der Waals surface area contributed by atoms with Crippen LogP contribution in [0.4, 0.5) is 0 Å². The second-order valence-electron chi connectivity index (χ2n) is 4.16. The molecule has 0 aliphatic rings. The predicted molar refractivity (Wildman–Crippen MR) is 65.6 cm³/mol. The van der Waals surface area contributed by atoms with E-state index < -0.39 is 0 Å². The zero-order chi connectivity index (χ0) is 13.0. The van der Waals surface area contributed by atoms with Gasteiger partial charge in [0.25, 0.3) is 0 Å². The van der Waals surface area contributed by atoms with Gasteiger partial charge in [-0.15, -0.1) is 0 Å². The first-order valence-corrected chi connectivity index (χ1v) is 5.95. The van der Waals surface area contributed by atoms with Crippen LogP contribution in [0.25, 0.3) is 0 Å². The van der Waals surface area contributed by atoms with E-state index in [0.29, 0.717) is 13.2 Å². The molecule has 16 heavy (non-hydrogen) atoms. The van der Waals surface area contributed by atoms with Crippen LogP contribution in [0.1, 0.15) is 41.0 Å². The smallest absolute Gasteiger partial charge is 0.0745 e. The molecule has 0 saturated heterocycles. The van der Waals surface area contributed by atoms with E-state index in [2.05, 4.69) is 0 Å². The summed E-state index contributed by atoms with van der Waals surface area (Å²) in [6, 6.07) is 0. The third kappa shape index (κ3) is 23.6. The SMILES string of the molecule is CC(O)COC(C)C.CCCOCC(C)O. The van der Waals surface area contributed by atoms with Gasteiger partial charge in [-0.25, -0.2) is 0 Å². The molecule has 2 N–H and O–H groups in total. The van der Waals surface area contributed by atoms with Crippen molar-refractivity contribution in [3.05, 3.63) is 0 Å². The van der Waals surface area contributed by atoms with Gasteiger partial charge in [0, 0.05) is 6.61 Å². The summed E-state index contributed by atoms with van der Waals surface area (Å²) >= 11 is 0. The minimum atomic E-state index is -0.336. The van der Waals surface area contributed by atoms with Crippen molar-refractivity contribution in [2.75, 3.05) is 19.8 Å². The number of hydrogen-bond acceptors (Lipinski definition) is 4. The molecule has 0 aliphatic heterocycles. The van der Waals surface area contributed by atoms with Crippen molar-refractivity contribution in [1.29, 1.82) is 0 Å². The Hall–Kier alpha value is -0.160. The van der Waals surface area contributed by atoms with E-state index in [0.717, 1.165) is 13.0 Å². The lowest BCUT2D eigenvalue weighted by molar-refractivity contribution is 0.0134. The summed E-state index contributed by atoms with van der Waals surface area (Å²) in [5.74, 6) is 0. The largest absolute Gasteiger partial charge is 0.391 e. The zero-order valence-electron chi connectivity index (χ0n) is 11.3. The summed E-state index contributed by atoms with van der Waals surface area (Å²) < 4.78 is 10.0. The van der Waals surface area contributed by atoms with Crippen molar-refractivity contribution in [2.45, 2.75) is 59.4 Å². The van der Waals surface area contributed by atoms with Gasteiger partial charge < -0.3 is 19.7 Å². The van der Waals surface area contributed by atoms with Crippen LogP contribution in [0.15, 0.2) is 0 Å². The molecule has 0 aromatic heterocycles. The predicted octanol–water partition coefficient (Wildman–Crippen LogP) is 1.59. The van der Waals surface area contributed by atoms with E-state index in [1.165, 1.54) is 0 Å². The maximum Gasteiger partial charge on any atom is 0.0745 e. The molecule has 0 aliphatic carbocycles. The Morgan fingerprint density at radius 1 is 0.938 bits per heavy atom. The van der Waals surface area contributed by atoms with E-state index in [4.69, 9.17) is 19.7 Å². The van der Waals surface area contributed by atoms with E-state index in [1.807, 2.05) is 20.8 Å². The van der Waals surface area contributed by atoms with E-state index in [9.17, 15) is 0 Å². The summed E-state index contributed by atoms with van der Waals surface area (Å²) in [7, 11) is 0. The molecule has 0 aromatic rings. The van der Waals surface area contributed by atoms with Gasteiger partial charge in [-0.3, -0.25) is 0 Å². The Morgan fingerprint density at radius 2 is 1.44 bits per heavy atom. The van der Waals surface area contributed by atoms with Crippen LogP contribution >= 0.6 is 0 Å². The summed E-state index contributed by atoms with van der Waals surface area (Å²) in [6.45, 7) is 11.0. The van der Waals surface area contributed by atoms with Crippen LogP contribution < -0.4 is 0 Å². The Morgan fingerprint density at radius 3 is 1.69 bits per heavy atom. The molecule has 0 fully saturated rings. The number of rotatable bonds is 7. The molecule has 0 heterocycles. The highest BCUT2D eigenvalue weighted by molar-refractivity contribution is 4.43. The molecule has 4 heteroatoms. The van der Waals surface area contributed by atoms with E-state index >= 15 is 0 Å². The monoisotopic (exact) mass is 236 g/mol. The van der Waals surface area contributed by atoms with Gasteiger partial charge in [0.15, 0.2) is 0 Å². The van der Waals surface area contributed by atoms with Gasteiger partial charge in [0.1, 0.15) is 0 Å². The fourth-order valence-electron chi connectivity index (χ4n) is 0.730. The Bertz CT molecular complexity index is 116. The minimum absolute atomic E-state index is 0.226. The second-order valence-corrected chi connectivity index (χ2v) is 4.16. The van der Waals surface area contributed by atoms with E-state index in [-0.39, 0.29) is 18.3 Å². The molecule has 0 aromatic carbocycles. The highest BCUT2D eigenvalue weighted by Gasteiger charge is 1.96. The quantitative estimate of drug-likeness (QED) is 0.659. The Kier molecular flexibility index (Phi) is 14.7. The fraction of sp³-hybridized carbons (Fsp3) is 1.00. The zero-order valence-corrected chi connectivity index (χ0v) is 11.3. The third-order valence-corrected chi connectivity index (χ3v) is 1.38. The highest BCUT2D eigenvalue weighted by Crippen LogP contribution is 1.89. The van der Waals surface area contributed by atoms with Crippen molar-refractivity contribution in [2.24, 2.45) is 0 Å². The first-order valence-electron chi connectivity index (χ1n) is 5.95. The van der Waals surface area contributed by atoms with Gasteiger partial charge in [-0.1, -0.05) is 6.92 Å². The lowest BCUT2D eigenvalue weighted by atomic mass is 10.4. The van der Waals surface area contributed by atoms with Crippen molar-refractivity contribution in [1.82, 2.24) is 0 Å². The van der Waals surface area contributed by atoms with Crippen molar-refractivity contribution < 1.29 is 19.7 Å². The molecule has 0 radical (unpaired) electrons. The normalized spacial score (nSPS) is 14.2. The third-order valence-electron chi connectivity index (χ3n) is 1.38.